The first-order chi connectivity index (χ1) is 9.60. The van der Waals surface area contributed by atoms with E-state index in [9.17, 15) is 4.79 Å². The highest BCUT2D eigenvalue weighted by Gasteiger charge is 2.10. The number of hydrogen-bond acceptors (Lipinski definition) is 6. The van der Waals surface area contributed by atoms with Gasteiger partial charge in [0, 0.05) is 17.6 Å². The molecule has 104 valence electrons. The van der Waals surface area contributed by atoms with Gasteiger partial charge in [-0.1, -0.05) is 0 Å². The molecule has 6 nitrogen and oxygen atoms in total. The number of aromatic nitrogens is 2. The van der Waals surface area contributed by atoms with Crippen molar-refractivity contribution in [3.63, 3.8) is 0 Å². The van der Waals surface area contributed by atoms with Crippen LogP contribution in [0.15, 0.2) is 30.6 Å². The van der Waals surface area contributed by atoms with Gasteiger partial charge in [0.25, 0.3) is 0 Å². The number of carbonyl (C=O) groups is 1. The minimum absolute atomic E-state index is 0.340. The van der Waals surface area contributed by atoms with Crippen LogP contribution in [0.5, 0.6) is 0 Å². The van der Waals surface area contributed by atoms with Gasteiger partial charge in [-0.15, -0.1) is 0 Å². The fraction of sp³-hybridized carbons (Fsp3) is 0.214. The maximum absolute atomic E-state index is 11.5. The van der Waals surface area contributed by atoms with Crippen molar-refractivity contribution in [3.05, 3.63) is 47.5 Å². The summed E-state index contributed by atoms with van der Waals surface area (Å²) in [6, 6.07) is 5.11. The van der Waals surface area contributed by atoms with Gasteiger partial charge in [-0.3, -0.25) is 9.97 Å². The molecule has 6 heteroatoms. The van der Waals surface area contributed by atoms with Crippen LogP contribution < -0.4 is 11.1 Å². The van der Waals surface area contributed by atoms with E-state index in [-0.39, 0.29) is 0 Å². The number of nitrogens with one attached hydrogen (secondary N) is 1. The quantitative estimate of drug-likeness (QED) is 0.651. The van der Waals surface area contributed by atoms with E-state index in [1.165, 1.54) is 7.11 Å². The molecule has 2 rings (SSSR count). The third-order valence-corrected chi connectivity index (χ3v) is 2.77. The van der Waals surface area contributed by atoms with Gasteiger partial charge >= 0.3 is 5.97 Å². The molecule has 0 radical (unpaired) electrons. The number of esters is 1. The Morgan fingerprint density at radius 1 is 1.35 bits per heavy atom. The van der Waals surface area contributed by atoms with E-state index < -0.39 is 5.97 Å². The molecule has 0 spiro atoms. The second kappa shape index (κ2) is 6.01. The van der Waals surface area contributed by atoms with Gasteiger partial charge in [0.15, 0.2) is 0 Å². The topological polar surface area (TPSA) is 90.1 Å². The van der Waals surface area contributed by atoms with E-state index >= 15 is 0 Å². The number of nitrogen functional groups attached to an aromatic ring is 1. The van der Waals surface area contributed by atoms with Crippen LogP contribution in [0, 0.1) is 6.92 Å². The van der Waals surface area contributed by atoms with Gasteiger partial charge in [0.1, 0.15) is 0 Å². The predicted molar refractivity (Wildman–Crippen MR) is 76.3 cm³/mol. The summed E-state index contributed by atoms with van der Waals surface area (Å²) in [6.07, 6.45) is 3.42. The molecular formula is C14H16N4O2. The van der Waals surface area contributed by atoms with Gasteiger partial charge in [-0.2, -0.15) is 0 Å². The minimum atomic E-state index is -0.457. The standard InChI is InChI=1S/C14H16N4O2/c1-9-6-17-11(7-16-9)8-18-10-3-4-13(15)12(5-10)14(19)20-2/h3-7,18H,8,15H2,1-2H3. The minimum Gasteiger partial charge on any atom is -0.465 e. The molecule has 3 N–H and O–H groups in total. The van der Waals surface area contributed by atoms with Crippen LogP contribution in [0.2, 0.25) is 0 Å². The Kier molecular flexibility index (Phi) is 4.14. The summed E-state index contributed by atoms with van der Waals surface area (Å²) in [7, 11) is 1.32. The zero-order valence-electron chi connectivity index (χ0n) is 11.4. The Labute approximate surface area is 117 Å². The Morgan fingerprint density at radius 2 is 2.15 bits per heavy atom. The first-order valence-electron chi connectivity index (χ1n) is 6.09. The number of aryl methyl sites for hydroxylation is 1. The summed E-state index contributed by atoms with van der Waals surface area (Å²) in [5, 5.41) is 3.16. The van der Waals surface area contributed by atoms with Crippen molar-refractivity contribution in [2.24, 2.45) is 0 Å². The molecule has 20 heavy (non-hydrogen) atoms. The number of nitrogens with zero attached hydrogens (tertiary/aromatic N) is 2. The van der Waals surface area contributed by atoms with Crippen LogP contribution >= 0.6 is 0 Å². The van der Waals surface area contributed by atoms with Crippen molar-refractivity contribution in [1.29, 1.82) is 0 Å². The Hall–Kier alpha value is -2.63. The van der Waals surface area contributed by atoms with Crippen LogP contribution in [-0.4, -0.2) is 23.0 Å². The highest BCUT2D eigenvalue weighted by atomic mass is 16.5. The number of nitrogens with two attached hydrogens (primary N) is 1. The molecule has 0 fully saturated rings. The Bertz CT molecular complexity index is 611. The van der Waals surface area contributed by atoms with E-state index in [1.807, 2.05) is 6.92 Å². The predicted octanol–water partition coefficient (Wildman–Crippen LogP) is 1.77. The third kappa shape index (κ3) is 3.23. The number of anilines is 2. The van der Waals surface area contributed by atoms with E-state index in [2.05, 4.69) is 20.0 Å². The molecule has 0 saturated heterocycles. The molecule has 0 atom stereocenters. The molecule has 0 amide bonds. The van der Waals surface area contributed by atoms with E-state index in [1.54, 1.807) is 30.6 Å². The second-order valence-electron chi connectivity index (χ2n) is 4.30. The highest BCUT2D eigenvalue weighted by Crippen LogP contribution is 2.19. The molecule has 0 bridgehead atoms. The lowest BCUT2D eigenvalue weighted by Gasteiger charge is -2.09. The Morgan fingerprint density at radius 3 is 2.80 bits per heavy atom. The smallest absolute Gasteiger partial charge is 0.340 e. The van der Waals surface area contributed by atoms with Crippen LogP contribution in [0.3, 0.4) is 0 Å². The molecule has 0 saturated carbocycles. The third-order valence-electron chi connectivity index (χ3n) is 2.77. The fourth-order valence-corrected chi connectivity index (χ4v) is 1.66. The highest BCUT2D eigenvalue weighted by molar-refractivity contribution is 5.96. The molecule has 1 heterocycles. The molecule has 2 aromatic rings. The lowest BCUT2D eigenvalue weighted by atomic mass is 10.1. The van der Waals surface area contributed by atoms with Gasteiger partial charge in [-0.05, 0) is 25.1 Å². The number of carbonyl (C=O) groups excluding carboxylic acids is 1. The SMILES string of the molecule is COC(=O)c1cc(NCc2cnc(C)cn2)ccc1N. The van der Waals surface area contributed by atoms with Gasteiger partial charge < -0.3 is 15.8 Å². The first kappa shape index (κ1) is 13.8. The number of rotatable bonds is 4. The fourth-order valence-electron chi connectivity index (χ4n) is 1.66. The average molecular weight is 272 g/mol. The van der Waals surface area contributed by atoms with Gasteiger partial charge in [-0.25, -0.2) is 4.79 Å². The van der Waals surface area contributed by atoms with Gasteiger partial charge in [0.05, 0.1) is 36.8 Å². The van der Waals surface area contributed by atoms with Crippen molar-refractivity contribution in [3.8, 4) is 0 Å². The van der Waals surface area contributed by atoms with Crippen molar-refractivity contribution < 1.29 is 9.53 Å². The number of ether oxygens (including phenoxy) is 1. The summed E-state index contributed by atoms with van der Waals surface area (Å²) in [4.78, 5) is 20.0. The van der Waals surface area contributed by atoms with Crippen LogP contribution in [0.1, 0.15) is 21.7 Å². The summed E-state index contributed by atoms with van der Waals surface area (Å²) >= 11 is 0. The maximum atomic E-state index is 11.5. The second-order valence-corrected chi connectivity index (χ2v) is 4.30. The monoisotopic (exact) mass is 272 g/mol. The summed E-state index contributed by atoms with van der Waals surface area (Å²) in [5.41, 5.74) is 8.91. The summed E-state index contributed by atoms with van der Waals surface area (Å²) in [5.74, 6) is -0.457. The van der Waals surface area contributed by atoms with Crippen molar-refractivity contribution >= 4 is 17.3 Å². The van der Waals surface area contributed by atoms with Crippen molar-refractivity contribution in [2.45, 2.75) is 13.5 Å². The van der Waals surface area contributed by atoms with E-state index in [0.717, 1.165) is 17.1 Å². The van der Waals surface area contributed by atoms with Crippen LogP contribution in [0.25, 0.3) is 0 Å². The molecule has 0 aliphatic carbocycles. The lowest BCUT2D eigenvalue weighted by Crippen LogP contribution is -2.08. The molecule has 0 aliphatic rings. The lowest BCUT2D eigenvalue weighted by molar-refractivity contribution is 0.0602. The Balaban J connectivity index is 2.10. The van der Waals surface area contributed by atoms with Crippen molar-refractivity contribution in [2.75, 3.05) is 18.2 Å². The summed E-state index contributed by atoms with van der Waals surface area (Å²) < 4.78 is 4.68. The molecule has 0 unspecified atom stereocenters. The normalized spacial score (nSPS) is 10.1. The molecular weight excluding hydrogens is 256 g/mol. The van der Waals surface area contributed by atoms with E-state index in [0.29, 0.717) is 17.8 Å². The van der Waals surface area contributed by atoms with Gasteiger partial charge in [0.2, 0.25) is 0 Å². The number of benzene rings is 1. The number of methoxy groups -OCH3 is 1. The van der Waals surface area contributed by atoms with E-state index in [4.69, 9.17) is 5.73 Å². The molecule has 0 aliphatic heterocycles. The average Bonchev–Trinajstić information content (AvgIpc) is 2.47. The number of hydrogen-bond donors (Lipinski definition) is 2. The molecule has 1 aromatic carbocycles. The molecule has 1 aromatic heterocycles. The first-order valence-corrected chi connectivity index (χ1v) is 6.09. The van der Waals surface area contributed by atoms with Crippen LogP contribution in [0.4, 0.5) is 11.4 Å². The zero-order chi connectivity index (χ0) is 14.5. The zero-order valence-corrected chi connectivity index (χ0v) is 11.4. The van der Waals surface area contributed by atoms with Crippen LogP contribution in [-0.2, 0) is 11.3 Å². The van der Waals surface area contributed by atoms with Crippen molar-refractivity contribution in [1.82, 2.24) is 9.97 Å². The largest absolute Gasteiger partial charge is 0.465 e. The summed E-state index contributed by atoms with van der Waals surface area (Å²) in [6.45, 7) is 2.39. The maximum Gasteiger partial charge on any atom is 0.340 e.